The van der Waals surface area contributed by atoms with Crippen LogP contribution in [-0.2, 0) is 17.8 Å². The molecule has 2 fully saturated rings. The van der Waals surface area contributed by atoms with Gasteiger partial charge >= 0.3 is 5.97 Å². The number of fused-ring (bicyclic) bond motifs is 1. The Bertz CT molecular complexity index is 1420. The fraction of sp³-hybridized carbons (Fsp3) is 0.500. The molecule has 0 bridgehead atoms. The van der Waals surface area contributed by atoms with E-state index in [-0.39, 0.29) is 12.0 Å². The van der Waals surface area contributed by atoms with E-state index in [1.807, 2.05) is 19.2 Å². The highest BCUT2D eigenvalue weighted by Gasteiger charge is 2.39. The van der Waals surface area contributed by atoms with Crippen LogP contribution in [0.4, 0.5) is 0 Å². The Balaban J connectivity index is 1.32. The Hall–Kier alpha value is -3.38. The third-order valence-corrected chi connectivity index (χ3v) is 9.96. The number of carboxylic acid groups (broad SMARTS) is 1. The number of rotatable bonds is 9. The van der Waals surface area contributed by atoms with Gasteiger partial charge < -0.3 is 14.6 Å². The Morgan fingerprint density at radius 2 is 1.83 bits per heavy atom. The van der Waals surface area contributed by atoms with Crippen LogP contribution in [0.5, 0.6) is 11.6 Å². The third kappa shape index (κ3) is 5.92. The lowest BCUT2D eigenvalue weighted by Crippen LogP contribution is -2.43. The summed E-state index contributed by atoms with van der Waals surface area (Å²) in [6.45, 7) is 7.45. The van der Waals surface area contributed by atoms with Crippen molar-refractivity contribution in [3.8, 4) is 22.8 Å². The van der Waals surface area contributed by atoms with Crippen molar-refractivity contribution < 1.29 is 19.4 Å². The van der Waals surface area contributed by atoms with Crippen molar-refractivity contribution in [2.24, 2.45) is 11.8 Å². The number of carbonyl (C=O) groups is 1. The van der Waals surface area contributed by atoms with Crippen LogP contribution >= 0.6 is 0 Å². The first-order valence-corrected chi connectivity index (χ1v) is 15.7. The molecule has 6 nitrogen and oxygen atoms in total. The van der Waals surface area contributed by atoms with E-state index in [1.165, 1.54) is 41.5 Å². The van der Waals surface area contributed by atoms with Crippen molar-refractivity contribution >= 4 is 5.97 Å². The summed E-state index contributed by atoms with van der Waals surface area (Å²) in [6.07, 6.45) is 9.61. The number of piperidine rings is 1. The van der Waals surface area contributed by atoms with E-state index in [9.17, 15) is 9.90 Å². The fourth-order valence-electron chi connectivity index (χ4n) is 7.30. The number of hydrogen-bond acceptors (Lipinski definition) is 5. The number of aryl methyl sites for hydroxylation is 1. The van der Waals surface area contributed by atoms with E-state index in [0.717, 1.165) is 49.1 Å². The van der Waals surface area contributed by atoms with Gasteiger partial charge in [0.05, 0.1) is 13.0 Å². The van der Waals surface area contributed by atoms with Gasteiger partial charge in [0.25, 0.3) is 0 Å². The summed E-state index contributed by atoms with van der Waals surface area (Å²) in [5.41, 5.74) is 7.12. The second kappa shape index (κ2) is 12.1. The molecule has 1 N–H and O–H groups in total. The van der Waals surface area contributed by atoms with Crippen molar-refractivity contribution in [3.63, 3.8) is 0 Å². The van der Waals surface area contributed by atoms with Gasteiger partial charge in [0.15, 0.2) is 0 Å². The van der Waals surface area contributed by atoms with Gasteiger partial charge in [-0.05, 0) is 110 Å². The van der Waals surface area contributed by atoms with E-state index in [0.29, 0.717) is 23.9 Å². The predicted molar refractivity (Wildman–Crippen MR) is 165 cm³/mol. The quantitative estimate of drug-likeness (QED) is 0.284. The highest BCUT2D eigenvalue weighted by atomic mass is 16.5. The monoisotopic (exact) mass is 568 g/mol. The molecule has 0 amide bonds. The number of likely N-dealkylation sites (tertiary alicyclic amines) is 1. The molecule has 3 heterocycles. The largest absolute Gasteiger partial charge is 0.485 e. The van der Waals surface area contributed by atoms with Crippen LogP contribution in [-0.4, -0.2) is 40.2 Å². The molecule has 3 aromatic rings. The lowest BCUT2D eigenvalue weighted by molar-refractivity contribution is -0.142. The first-order valence-electron chi connectivity index (χ1n) is 15.7. The number of carboxylic acids is 1. The maximum atomic E-state index is 11.9. The number of nitrogens with zero attached hydrogens (tertiary/aromatic N) is 2. The molecular formula is C36H44N2O4. The average Bonchev–Trinajstić information content (AvgIpc) is 3.84. The maximum Gasteiger partial charge on any atom is 0.306 e. The zero-order valence-corrected chi connectivity index (χ0v) is 25.4. The van der Waals surface area contributed by atoms with Gasteiger partial charge in [0.2, 0.25) is 5.88 Å². The van der Waals surface area contributed by atoms with Crippen molar-refractivity contribution in [1.29, 1.82) is 0 Å². The predicted octanol–water partition coefficient (Wildman–Crippen LogP) is 7.80. The third-order valence-electron chi connectivity index (χ3n) is 9.96. The van der Waals surface area contributed by atoms with E-state index in [1.54, 1.807) is 7.11 Å². The molecule has 1 aliphatic carbocycles. The Morgan fingerprint density at radius 1 is 1.05 bits per heavy atom. The van der Waals surface area contributed by atoms with Crippen LogP contribution in [0.25, 0.3) is 11.1 Å². The van der Waals surface area contributed by atoms with Crippen molar-refractivity contribution in [3.05, 3.63) is 77.0 Å². The van der Waals surface area contributed by atoms with Crippen LogP contribution in [0.2, 0.25) is 0 Å². The number of pyridine rings is 1. The molecule has 3 aliphatic rings. The molecular weight excluding hydrogens is 524 g/mol. The smallest absolute Gasteiger partial charge is 0.306 e. The van der Waals surface area contributed by atoms with Crippen molar-refractivity contribution in [1.82, 2.24) is 9.88 Å². The van der Waals surface area contributed by atoms with Gasteiger partial charge in [-0.1, -0.05) is 43.7 Å². The van der Waals surface area contributed by atoms with Gasteiger partial charge in [-0.3, -0.25) is 9.69 Å². The molecule has 6 heteroatoms. The first-order chi connectivity index (χ1) is 20.3. The minimum atomic E-state index is -0.722. The van der Waals surface area contributed by atoms with Crippen LogP contribution in [0.1, 0.15) is 93.6 Å². The average molecular weight is 569 g/mol. The minimum absolute atomic E-state index is 0.0357. The minimum Gasteiger partial charge on any atom is -0.485 e. The van der Waals surface area contributed by atoms with Crippen LogP contribution < -0.4 is 9.47 Å². The second-order valence-electron chi connectivity index (χ2n) is 12.8. The summed E-state index contributed by atoms with van der Waals surface area (Å²) >= 11 is 0. The molecule has 222 valence electrons. The molecule has 6 rings (SSSR count). The Morgan fingerprint density at radius 3 is 2.55 bits per heavy atom. The molecule has 0 spiro atoms. The van der Waals surface area contributed by atoms with E-state index >= 15 is 0 Å². The van der Waals surface area contributed by atoms with E-state index in [2.05, 4.69) is 66.2 Å². The summed E-state index contributed by atoms with van der Waals surface area (Å²) in [5, 5.41) is 9.78. The number of ether oxygens (including phenoxy) is 2. The molecule has 1 saturated heterocycles. The zero-order valence-electron chi connectivity index (χ0n) is 25.4. The van der Waals surface area contributed by atoms with Gasteiger partial charge in [0, 0.05) is 30.9 Å². The number of aliphatic carboxylic acids is 1. The molecule has 5 atom stereocenters. The number of methoxy groups -OCH3 is 1. The summed E-state index contributed by atoms with van der Waals surface area (Å²) in [7, 11) is 1.66. The molecule has 1 unspecified atom stereocenters. The summed E-state index contributed by atoms with van der Waals surface area (Å²) in [5.74, 6) is 0.891. The van der Waals surface area contributed by atoms with Gasteiger partial charge in [-0.2, -0.15) is 0 Å². The van der Waals surface area contributed by atoms with Crippen LogP contribution in [0.15, 0.2) is 54.7 Å². The number of hydrogen-bond donors (Lipinski definition) is 1. The van der Waals surface area contributed by atoms with E-state index < -0.39 is 11.9 Å². The number of benzene rings is 2. The molecule has 0 radical (unpaired) electrons. The van der Waals surface area contributed by atoms with Crippen molar-refractivity contribution in [2.75, 3.05) is 7.11 Å². The highest BCUT2D eigenvalue weighted by molar-refractivity contribution is 5.71. The van der Waals surface area contributed by atoms with Crippen LogP contribution in [0, 0.1) is 11.8 Å². The van der Waals surface area contributed by atoms with Crippen LogP contribution in [0.3, 0.4) is 0 Å². The van der Waals surface area contributed by atoms with Gasteiger partial charge in [0.1, 0.15) is 11.9 Å². The second-order valence-corrected chi connectivity index (χ2v) is 12.8. The molecule has 2 aromatic carbocycles. The zero-order chi connectivity index (χ0) is 29.4. The van der Waals surface area contributed by atoms with Gasteiger partial charge in [-0.15, -0.1) is 0 Å². The molecule has 42 heavy (non-hydrogen) atoms. The lowest BCUT2D eigenvalue weighted by atomic mass is 9.82. The SMILES string of the molecule is COc1cc(-c2ccc(C3CCc4ccc([C@H](C5CC5)[C@H](C)C(=O)O)cc4O3)cc2CN2[C@H](C)CCC[C@H]2C)ccn1. The topological polar surface area (TPSA) is 71.9 Å². The normalized spacial score (nSPS) is 23.9. The maximum absolute atomic E-state index is 11.9. The molecule has 1 aromatic heterocycles. The number of aromatic nitrogens is 1. The first kappa shape index (κ1) is 28.7. The highest BCUT2D eigenvalue weighted by Crippen LogP contribution is 2.48. The Kier molecular flexibility index (Phi) is 8.26. The fourth-order valence-corrected chi connectivity index (χ4v) is 7.30. The summed E-state index contributed by atoms with van der Waals surface area (Å²) in [4.78, 5) is 18.9. The van der Waals surface area contributed by atoms with Gasteiger partial charge in [-0.25, -0.2) is 4.98 Å². The summed E-state index contributed by atoms with van der Waals surface area (Å²) < 4.78 is 12.2. The van der Waals surface area contributed by atoms with E-state index in [4.69, 9.17) is 9.47 Å². The molecule has 2 aliphatic heterocycles. The Labute approximate surface area is 250 Å². The summed E-state index contributed by atoms with van der Waals surface area (Å²) in [6, 6.07) is 18.4. The lowest BCUT2D eigenvalue weighted by Gasteiger charge is -2.39. The molecule has 1 saturated carbocycles. The standard InChI is InChI=1S/C36H44N2O4/c1-22-6-5-7-23(2)38(22)21-30-18-28(12-14-31(30)27-16-17-37-34(20-27)41-4)32-15-13-25-8-11-29(19-33(25)42-32)35(26-9-10-26)24(3)36(39)40/h8,11-12,14,16-20,22-24,26,32,35H,5-7,9-10,13,15,21H2,1-4H3,(H,39,40)/t22-,23-,24+,32?,35+/m1/s1. The van der Waals surface area contributed by atoms with Crippen molar-refractivity contribution in [2.45, 2.75) is 96.4 Å².